The Kier molecular flexibility index (Phi) is 9.11. The van der Waals surface area contributed by atoms with Crippen LogP contribution in [-0.4, -0.2) is 18.3 Å². The summed E-state index contributed by atoms with van der Waals surface area (Å²) in [4.78, 5) is 12.7. The Labute approximate surface area is 203 Å². The smallest absolute Gasteiger partial charge is 0.254 e. The molecule has 0 heterocycles. The third-order valence-corrected chi connectivity index (χ3v) is 5.34. The van der Waals surface area contributed by atoms with Gasteiger partial charge in [-0.05, 0) is 30.7 Å². The van der Waals surface area contributed by atoms with Crippen molar-refractivity contribution in [2.75, 3.05) is 11.9 Å². The van der Waals surface area contributed by atoms with Gasteiger partial charge in [0.05, 0.1) is 5.56 Å². The normalized spacial score (nSPS) is 12.3. The van der Waals surface area contributed by atoms with Gasteiger partial charge in [-0.3, -0.25) is 10.2 Å². The first-order chi connectivity index (χ1) is 15.8. The zero-order valence-electron chi connectivity index (χ0n) is 18.6. The van der Waals surface area contributed by atoms with Gasteiger partial charge in [0.2, 0.25) is 0 Å². The molecule has 1 unspecified atom stereocenters. The maximum absolute atomic E-state index is 15.7. The van der Waals surface area contributed by atoms with Gasteiger partial charge < -0.3 is 21.5 Å². The number of rotatable bonds is 10. The van der Waals surface area contributed by atoms with Crippen molar-refractivity contribution in [3.05, 3.63) is 101 Å². The Morgan fingerprint density at radius 1 is 1.03 bits per heavy atom. The quantitative estimate of drug-likeness (QED) is 0.252. The van der Waals surface area contributed by atoms with Crippen LogP contribution in [0.5, 0.6) is 0 Å². The lowest BCUT2D eigenvalue weighted by atomic mass is 9.84. The summed E-state index contributed by atoms with van der Waals surface area (Å²) in [6.45, 7) is 1.68. The second-order valence-electron chi connectivity index (χ2n) is 7.53. The van der Waals surface area contributed by atoms with Crippen molar-refractivity contribution >= 4 is 29.8 Å². The van der Waals surface area contributed by atoms with E-state index in [9.17, 15) is 4.79 Å². The van der Waals surface area contributed by atoms with Crippen LogP contribution >= 0.6 is 12.4 Å². The van der Waals surface area contributed by atoms with Crippen LogP contribution in [0.2, 0.25) is 0 Å². The van der Waals surface area contributed by atoms with Crippen molar-refractivity contribution in [3.8, 4) is 0 Å². The monoisotopic (exact) mass is 488 g/mol. The number of para-hydroxylation sites is 1. The number of primary amides is 1. The molecule has 0 saturated heterocycles. The Balaban J connectivity index is 0.00000408. The summed E-state index contributed by atoms with van der Waals surface area (Å²) >= 11 is 0. The highest BCUT2D eigenvalue weighted by Crippen LogP contribution is 2.35. The molecule has 0 aliphatic carbocycles. The number of carbonyl (C=O) groups excluding carboxylic acids is 1. The molecule has 0 aliphatic rings. The molecule has 0 fully saturated rings. The van der Waals surface area contributed by atoms with Gasteiger partial charge in [0, 0.05) is 36.4 Å². The number of carbonyl (C=O) groups is 1. The number of nitrogens with two attached hydrogens (primary N) is 2. The molecule has 0 bridgehead atoms. The Morgan fingerprint density at radius 3 is 2.24 bits per heavy atom. The first-order valence-electron chi connectivity index (χ1n) is 10.4. The molecule has 1 atom stereocenters. The van der Waals surface area contributed by atoms with Crippen LogP contribution in [0.4, 0.5) is 14.5 Å². The van der Waals surface area contributed by atoms with E-state index in [1.54, 1.807) is 31.2 Å². The lowest BCUT2D eigenvalue weighted by molar-refractivity contribution is -0.145. The number of nitrogen functional groups attached to an aromatic ring is 1. The summed E-state index contributed by atoms with van der Waals surface area (Å²) < 4.78 is 36.4. The molecule has 0 aromatic heterocycles. The van der Waals surface area contributed by atoms with Crippen molar-refractivity contribution in [1.82, 2.24) is 0 Å². The first kappa shape index (κ1) is 26.8. The third-order valence-electron chi connectivity index (χ3n) is 5.34. The van der Waals surface area contributed by atoms with Crippen LogP contribution in [-0.2, 0) is 28.1 Å². The Bertz CT molecular complexity index is 1140. The second-order valence-corrected chi connectivity index (χ2v) is 7.53. The largest absolute Gasteiger partial charge is 0.384 e. The minimum absolute atomic E-state index is 0. The molecule has 0 radical (unpaired) electrons. The summed E-state index contributed by atoms with van der Waals surface area (Å²) in [7, 11) is 0. The molecule has 0 saturated carbocycles. The molecule has 9 heteroatoms. The summed E-state index contributed by atoms with van der Waals surface area (Å²) in [6, 6.07) is 18.0. The second kappa shape index (κ2) is 11.6. The predicted octanol–water partition coefficient (Wildman–Crippen LogP) is 4.24. The van der Waals surface area contributed by atoms with Crippen molar-refractivity contribution in [2.45, 2.75) is 25.5 Å². The van der Waals surface area contributed by atoms with Crippen LogP contribution in [0.1, 0.15) is 29.2 Å². The molecule has 1 amide bonds. The van der Waals surface area contributed by atoms with Gasteiger partial charge in [-0.1, -0.05) is 48.5 Å². The van der Waals surface area contributed by atoms with Crippen LogP contribution in [0.25, 0.3) is 0 Å². The van der Waals surface area contributed by atoms with E-state index < -0.39 is 28.7 Å². The van der Waals surface area contributed by atoms with Crippen LogP contribution in [0, 0.1) is 17.0 Å². The molecular formula is C25H27ClF2N4O2. The van der Waals surface area contributed by atoms with E-state index in [2.05, 4.69) is 5.32 Å². The van der Waals surface area contributed by atoms with E-state index in [0.29, 0.717) is 11.1 Å². The molecule has 0 spiro atoms. The Hall–Kier alpha value is -3.49. The summed E-state index contributed by atoms with van der Waals surface area (Å²) in [5, 5.41) is 10.6. The number of nitrogens with one attached hydrogen (secondary N) is 2. The number of hydrogen-bond acceptors (Lipinski definition) is 4. The number of hydrogen-bond donors (Lipinski definition) is 4. The zero-order valence-corrected chi connectivity index (χ0v) is 19.4. The average Bonchev–Trinajstić information content (AvgIpc) is 2.79. The highest BCUT2D eigenvalue weighted by molar-refractivity contribution is 5.95. The average molecular weight is 489 g/mol. The predicted molar refractivity (Wildman–Crippen MR) is 131 cm³/mol. The molecule has 34 heavy (non-hydrogen) atoms. The lowest BCUT2D eigenvalue weighted by Gasteiger charge is -2.32. The van der Waals surface area contributed by atoms with E-state index in [4.69, 9.17) is 21.6 Å². The first-order valence-corrected chi connectivity index (χ1v) is 10.4. The fourth-order valence-electron chi connectivity index (χ4n) is 3.68. The van der Waals surface area contributed by atoms with Crippen molar-refractivity contribution in [1.29, 1.82) is 5.41 Å². The number of amidine groups is 1. The topological polar surface area (TPSA) is 114 Å². The summed E-state index contributed by atoms with van der Waals surface area (Å²) in [6.07, 6.45) is -0.197. The number of amides is 1. The van der Waals surface area contributed by atoms with Gasteiger partial charge in [0.1, 0.15) is 17.5 Å². The highest BCUT2D eigenvalue weighted by Gasteiger charge is 2.44. The SMILES string of the molecule is CCOC(Cc1ccc(C(=N)N)cc1)(C(N)=O)c1c(F)ccc(CNc2ccccc2)c1F.Cl. The minimum Gasteiger partial charge on any atom is -0.384 e. The number of benzene rings is 3. The van der Waals surface area contributed by atoms with E-state index in [-0.39, 0.29) is 43.4 Å². The Morgan fingerprint density at radius 2 is 1.68 bits per heavy atom. The number of halogens is 3. The van der Waals surface area contributed by atoms with Gasteiger partial charge in [-0.15, -0.1) is 12.4 Å². The molecule has 6 nitrogen and oxygen atoms in total. The maximum atomic E-state index is 15.7. The van der Waals surface area contributed by atoms with Crippen LogP contribution in [0.3, 0.4) is 0 Å². The van der Waals surface area contributed by atoms with Crippen molar-refractivity contribution in [3.63, 3.8) is 0 Å². The van der Waals surface area contributed by atoms with Gasteiger partial charge in [0.15, 0.2) is 5.60 Å². The standard InChI is InChI=1S/C25H26F2N4O2.ClH/c1-2-33-25(24(30)32,14-16-8-10-17(11-9-16)23(28)29)21-20(26)13-12-18(22(21)27)15-31-19-6-4-3-5-7-19;/h3-13,31H,2,14-15H2,1H3,(H3,28,29)(H2,30,32);1H. The minimum atomic E-state index is -2.07. The van der Waals surface area contributed by atoms with Gasteiger partial charge in [-0.25, -0.2) is 8.78 Å². The van der Waals surface area contributed by atoms with Crippen LogP contribution in [0.15, 0.2) is 66.7 Å². The number of anilines is 1. The maximum Gasteiger partial charge on any atom is 0.254 e. The van der Waals surface area contributed by atoms with E-state index >= 15 is 8.78 Å². The molecule has 0 aliphatic heterocycles. The fraction of sp³-hybridized carbons (Fsp3) is 0.200. The number of ether oxygens (including phenoxy) is 1. The third kappa shape index (κ3) is 5.70. The van der Waals surface area contributed by atoms with E-state index in [1.165, 1.54) is 6.07 Å². The zero-order chi connectivity index (χ0) is 24.0. The van der Waals surface area contributed by atoms with Crippen LogP contribution < -0.4 is 16.8 Å². The van der Waals surface area contributed by atoms with Gasteiger partial charge in [0.25, 0.3) is 5.91 Å². The molecule has 3 aromatic carbocycles. The van der Waals surface area contributed by atoms with Gasteiger partial charge in [-0.2, -0.15) is 0 Å². The van der Waals surface area contributed by atoms with E-state index in [1.807, 2.05) is 30.3 Å². The molecule has 3 rings (SSSR count). The molecule has 6 N–H and O–H groups in total. The fourth-order valence-corrected chi connectivity index (χ4v) is 3.68. The van der Waals surface area contributed by atoms with Gasteiger partial charge >= 0.3 is 0 Å². The summed E-state index contributed by atoms with van der Waals surface area (Å²) in [5.74, 6) is -2.95. The summed E-state index contributed by atoms with van der Waals surface area (Å²) in [5.41, 5.74) is 10.5. The molecular weight excluding hydrogens is 462 g/mol. The van der Waals surface area contributed by atoms with Crippen molar-refractivity contribution < 1.29 is 18.3 Å². The molecule has 3 aromatic rings. The van der Waals surface area contributed by atoms with Crippen molar-refractivity contribution in [2.24, 2.45) is 11.5 Å². The lowest BCUT2D eigenvalue weighted by Crippen LogP contribution is -2.47. The highest BCUT2D eigenvalue weighted by atomic mass is 35.5. The molecule has 180 valence electrons. The van der Waals surface area contributed by atoms with E-state index in [0.717, 1.165) is 11.8 Å².